The Balaban J connectivity index is 1.54. The highest BCUT2D eigenvalue weighted by Gasteiger charge is 2.15. The van der Waals surface area contributed by atoms with Crippen LogP contribution in [0.25, 0.3) is 16.7 Å². The molecule has 0 unspecified atom stereocenters. The molecule has 158 valence electrons. The Labute approximate surface area is 187 Å². The van der Waals surface area contributed by atoms with Crippen molar-refractivity contribution in [2.75, 3.05) is 14.2 Å². The Morgan fingerprint density at radius 3 is 2.58 bits per heavy atom. The van der Waals surface area contributed by atoms with Crippen molar-refractivity contribution < 1.29 is 18.7 Å². The molecule has 1 N–H and O–H groups in total. The zero-order valence-electron chi connectivity index (χ0n) is 17.2. The number of benzene rings is 2. The van der Waals surface area contributed by atoms with Crippen LogP contribution in [0.2, 0.25) is 0 Å². The van der Waals surface area contributed by atoms with Gasteiger partial charge in [0.05, 0.1) is 26.1 Å². The van der Waals surface area contributed by atoms with Crippen LogP contribution in [-0.2, 0) is 0 Å². The fourth-order valence-electron chi connectivity index (χ4n) is 3.31. The van der Waals surface area contributed by atoms with E-state index in [-0.39, 0.29) is 5.76 Å². The normalized spacial score (nSPS) is 11.2. The van der Waals surface area contributed by atoms with E-state index < -0.39 is 5.91 Å². The maximum atomic E-state index is 12.5. The van der Waals surface area contributed by atoms with E-state index in [2.05, 4.69) is 26.5 Å². The lowest BCUT2D eigenvalue weighted by Crippen LogP contribution is -2.17. The highest BCUT2D eigenvalue weighted by molar-refractivity contribution is 9.10. The molecule has 2 heterocycles. The number of nitrogens with zero attached hydrogens (tertiary/aromatic N) is 2. The number of halogens is 1. The van der Waals surface area contributed by atoms with Gasteiger partial charge in [-0.15, -0.1) is 0 Å². The Kier molecular flexibility index (Phi) is 5.81. The van der Waals surface area contributed by atoms with Crippen molar-refractivity contribution in [2.45, 2.75) is 6.92 Å². The Hall–Kier alpha value is -3.52. The van der Waals surface area contributed by atoms with Crippen LogP contribution in [0.5, 0.6) is 11.5 Å². The van der Waals surface area contributed by atoms with Gasteiger partial charge in [0, 0.05) is 21.2 Å². The van der Waals surface area contributed by atoms with Crippen molar-refractivity contribution in [1.29, 1.82) is 0 Å². The average molecular weight is 482 g/mol. The van der Waals surface area contributed by atoms with Crippen LogP contribution >= 0.6 is 15.9 Å². The molecule has 2 aromatic carbocycles. The number of hydrogen-bond acceptors (Lipinski definition) is 5. The summed E-state index contributed by atoms with van der Waals surface area (Å²) in [6.45, 7) is 2.00. The predicted molar refractivity (Wildman–Crippen MR) is 123 cm³/mol. The molecule has 8 heteroatoms. The summed E-state index contributed by atoms with van der Waals surface area (Å²) in [5, 5.41) is 4.86. The Morgan fingerprint density at radius 1 is 1.10 bits per heavy atom. The number of ether oxygens (including phenoxy) is 2. The lowest BCUT2D eigenvalue weighted by atomic mass is 10.2. The number of furan rings is 1. The molecule has 0 bridgehead atoms. The van der Waals surface area contributed by atoms with Gasteiger partial charge in [0.15, 0.2) is 17.1 Å². The first-order valence-electron chi connectivity index (χ1n) is 9.43. The quantitative estimate of drug-likeness (QED) is 0.307. The third-order valence-corrected chi connectivity index (χ3v) is 5.25. The van der Waals surface area contributed by atoms with Crippen LogP contribution in [0.15, 0.2) is 68.6 Å². The van der Waals surface area contributed by atoms with E-state index in [1.807, 2.05) is 54.0 Å². The van der Waals surface area contributed by atoms with Crippen molar-refractivity contribution in [3.05, 3.63) is 76.2 Å². The second-order valence-corrected chi connectivity index (χ2v) is 7.68. The maximum Gasteiger partial charge on any atom is 0.307 e. The molecule has 1 amide bonds. The molecule has 0 fully saturated rings. The van der Waals surface area contributed by atoms with E-state index in [4.69, 9.17) is 13.9 Å². The molecule has 4 rings (SSSR count). The molecule has 0 radical (unpaired) electrons. The number of fused-ring (bicyclic) bond motifs is 1. The van der Waals surface area contributed by atoms with Crippen LogP contribution in [0.4, 0.5) is 0 Å². The number of amides is 1. The van der Waals surface area contributed by atoms with E-state index in [1.165, 1.54) is 0 Å². The minimum atomic E-state index is -0.454. The van der Waals surface area contributed by atoms with Gasteiger partial charge < -0.3 is 18.5 Å². The zero-order chi connectivity index (χ0) is 22.0. The summed E-state index contributed by atoms with van der Waals surface area (Å²) in [4.78, 5) is 12.5. The summed E-state index contributed by atoms with van der Waals surface area (Å²) in [5.41, 5.74) is 5.84. The first-order chi connectivity index (χ1) is 15.0. The molecular weight excluding hydrogens is 462 g/mol. The van der Waals surface area contributed by atoms with Gasteiger partial charge in [0.25, 0.3) is 0 Å². The van der Waals surface area contributed by atoms with E-state index in [9.17, 15) is 4.79 Å². The molecule has 7 nitrogen and oxygen atoms in total. The van der Waals surface area contributed by atoms with Crippen LogP contribution in [0, 0.1) is 6.92 Å². The second-order valence-electron chi connectivity index (χ2n) is 6.77. The standard InChI is InChI=1S/C23H20BrN3O4/c1-14-4-5-18(27(14)17-6-8-19(29-2)9-7-17)13-25-26-23(28)21-11-15-10-16(24)12-20(30-3)22(15)31-21/h4-13H,1-3H3,(H,26,28)/b25-13+. The third-order valence-electron chi connectivity index (χ3n) is 4.79. The summed E-state index contributed by atoms with van der Waals surface area (Å²) in [5.74, 6) is 1.01. The number of rotatable bonds is 6. The molecule has 0 aliphatic heterocycles. The molecule has 0 atom stereocenters. The summed E-state index contributed by atoms with van der Waals surface area (Å²) >= 11 is 3.42. The summed E-state index contributed by atoms with van der Waals surface area (Å²) in [6, 6.07) is 16.9. The topological polar surface area (TPSA) is 78.0 Å². The molecule has 4 aromatic rings. The van der Waals surface area contributed by atoms with E-state index in [0.29, 0.717) is 11.3 Å². The highest BCUT2D eigenvalue weighted by Crippen LogP contribution is 2.32. The molecule has 2 aromatic heterocycles. The zero-order valence-corrected chi connectivity index (χ0v) is 18.8. The smallest absolute Gasteiger partial charge is 0.307 e. The number of nitrogens with one attached hydrogen (secondary N) is 1. The van der Waals surface area contributed by atoms with Gasteiger partial charge in [0.1, 0.15) is 5.75 Å². The van der Waals surface area contributed by atoms with Crippen molar-refractivity contribution in [2.24, 2.45) is 5.10 Å². The summed E-state index contributed by atoms with van der Waals surface area (Å²) in [7, 11) is 3.18. The second kappa shape index (κ2) is 8.69. The molecule has 0 aliphatic rings. The largest absolute Gasteiger partial charge is 0.497 e. The predicted octanol–water partition coefficient (Wildman–Crippen LogP) is 5.08. The van der Waals surface area contributed by atoms with Gasteiger partial charge in [-0.25, -0.2) is 5.43 Å². The highest BCUT2D eigenvalue weighted by atomic mass is 79.9. The summed E-state index contributed by atoms with van der Waals surface area (Å²) < 4.78 is 19.1. The van der Waals surface area contributed by atoms with E-state index >= 15 is 0 Å². The van der Waals surface area contributed by atoms with Gasteiger partial charge in [-0.05, 0) is 61.5 Å². The molecule has 0 saturated heterocycles. The maximum absolute atomic E-state index is 12.5. The molecule has 0 spiro atoms. The van der Waals surface area contributed by atoms with Crippen LogP contribution in [0.3, 0.4) is 0 Å². The van der Waals surface area contributed by atoms with Gasteiger partial charge in [0.2, 0.25) is 0 Å². The van der Waals surface area contributed by atoms with Crippen LogP contribution in [-0.4, -0.2) is 30.9 Å². The minimum absolute atomic E-state index is 0.144. The van der Waals surface area contributed by atoms with Gasteiger partial charge in [-0.1, -0.05) is 15.9 Å². The molecule has 0 aliphatic carbocycles. The van der Waals surface area contributed by atoms with Crippen molar-refractivity contribution in [3.63, 3.8) is 0 Å². The van der Waals surface area contributed by atoms with Gasteiger partial charge in [-0.2, -0.15) is 5.10 Å². The number of aromatic nitrogens is 1. The van der Waals surface area contributed by atoms with Gasteiger partial charge >= 0.3 is 5.91 Å². The van der Waals surface area contributed by atoms with E-state index in [0.717, 1.165) is 32.7 Å². The number of carbonyl (C=O) groups is 1. The Morgan fingerprint density at radius 2 is 1.87 bits per heavy atom. The minimum Gasteiger partial charge on any atom is -0.497 e. The first-order valence-corrected chi connectivity index (χ1v) is 10.2. The SMILES string of the molecule is COc1ccc(-n2c(C)ccc2/C=N/NC(=O)c2cc3cc(Br)cc(OC)c3o2)cc1. The molecule has 0 saturated carbocycles. The van der Waals surface area contributed by atoms with Crippen LogP contribution in [0.1, 0.15) is 21.9 Å². The fourth-order valence-corrected chi connectivity index (χ4v) is 3.76. The lowest BCUT2D eigenvalue weighted by Gasteiger charge is -2.10. The third kappa shape index (κ3) is 4.20. The number of hydrazone groups is 1. The van der Waals surface area contributed by atoms with Crippen molar-refractivity contribution in [1.82, 2.24) is 9.99 Å². The first kappa shape index (κ1) is 20.7. The number of methoxy groups -OCH3 is 2. The Bertz CT molecular complexity index is 1270. The van der Waals surface area contributed by atoms with Crippen molar-refractivity contribution in [3.8, 4) is 17.2 Å². The summed E-state index contributed by atoms with van der Waals surface area (Å²) in [6.07, 6.45) is 1.59. The molecular formula is C23H20BrN3O4. The fraction of sp³-hybridized carbons (Fsp3) is 0.130. The number of hydrogen-bond donors (Lipinski definition) is 1. The number of carbonyl (C=O) groups excluding carboxylic acids is 1. The van der Waals surface area contributed by atoms with Gasteiger partial charge in [-0.3, -0.25) is 4.79 Å². The monoisotopic (exact) mass is 481 g/mol. The van der Waals surface area contributed by atoms with Crippen molar-refractivity contribution >= 4 is 39.0 Å². The average Bonchev–Trinajstić information content (AvgIpc) is 3.36. The van der Waals surface area contributed by atoms with E-state index in [1.54, 1.807) is 32.6 Å². The lowest BCUT2D eigenvalue weighted by molar-refractivity contribution is 0.0929. The number of aryl methyl sites for hydroxylation is 1. The molecule has 31 heavy (non-hydrogen) atoms. The van der Waals surface area contributed by atoms with Crippen LogP contribution < -0.4 is 14.9 Å².